The standard InChI is InChI=1S/C16H17BrN2O/c1-11-4-3-5-13(8-11)10-18-16(20)19-15-9-14(17)7-6-12(15)2/h3-9H,10H2,1-2H3,(H2,18,19,20). The fourth-order valence-corrected chi connectivity index (χ4v) is 2.26. The largest absolute Gasteiger partial charge is 0.334 e. The van der Waals surface area contributed by atoms with Gasteiger partial charge < -0.3 is 10.6 Å². The topological polar surface area (TPSA) is 41.1 Å². The van der Waals surface area contributed by atoms with Gasteiger partial charge in [-0.15, -0.1) is 0 Å². The Kier molecular flexibility index (Phi) is 4.79. The number of halogens is 1. The van der Waals surface area contributed by atoms with E-state index in [1.54, 1.807) is 0 Å². The lowest BCUT2D eigenvalue weighted by Gasteiger charge is -2.10. The number of benzene rings is 2. The number of hydrogen-bond donors (Lipinski definition) is 2. The summed E-state index contributed by atoms with van der Waals surface area (Å²) in [6, 6.07) is 13.7. The lowest BCUT2D eigenvalue weighted by atomic mass is 10.1. The molecule has 2 amide bonds. The monoisotopic (exact) mass is 332 g/mol. The first-order valence-corrected chi connectivity index (χ1v) is 7.20. The maximum atomic E-state index is 11.9. The van der Waals surface area contributed by atoms with Crippen molar-refractivity contribution in [2.45, 2.75) is 20.4 Å². The third kappa shape index (κ3) is 4.10. The van der Waals surface area contributed by atoms with Crippen molar-refractivity contribution >= 4 is 27.6 Å². The van der Waals surface area contributed by atoms with E-state index in [-0.39, 0.29) is 6.03 Å². The molecule has 4 heteroatoms. The molecule has 0 fully saturated rings. The quantitative estimate of drug-likeness (QED) is 0.859. The molecular formula is C16H17BrN2O. The predicted octanol–water partition coefficient (Wildman–Crippen LogP) is 4.39. The minimum absolute atomic E-state index is 0.201. The van der Waals surface area contributed by atoms with Crippen molar-refractivity contribution in [2.75, 3.05) is 5.32 Å². The molecular weight excluding hydrogens is 316 g/mol. The molecule has 0 saturated heterocycles. The molecule has 0 heterocycles. The summed E-state index contributed by atoms with van der Waals surface area (Å²) in [6.45, 7) is 4.51. The van der Waals surface area contributed by atoms with Crippen LogP contribution in [-0.2, 0) is 6.54 Å². The Morgan fingerprint density at radius 2 is 1.95 bits per heavy atom. The molecule has 0 aliphatic rings. The molecule has 3 nitrogen and oxygen atoms in total. The first-order chi connectivity index (χ1) is 9.54. The van der Waals surface area contributed by atoms with Crippen LogP contribution in [0.3, 0.4) is 0 Å². The molecule has 0 spiro atoms. The predicted molar refractivity (Wildman–Crippen MR) is 85.9 cm³/mol. The van der Waals surface area contributed by atoms with Gasteiger partial charge in [-0.1, -0.05) is 51.8 Å². The normalized spacial score (nSPS) is 10.2. The van der Waals surface area contributed by atoms with E-state index in [1.807, 2.05) is 50.2 Å². The van der Waals surface area contributed by atoms with E-state index in [0.717, 1.165) is 21.3 Å². The molecule has 0 aromatic heterocycles. The van der Waals surface area contributed by atoms with E-state index in [1.165, 1.54) is 5.56 Å². The number of anilines is 1. The second-order valence-corrected chi connectivity index (χ2v) is 5.67. The molecule has 0 bridgehead atoms. The zero-order valence-electron chi connectivity index (χ0n) is 11.5. The van der Waals surface area contributed by atoms with Crippen LogP contribution >= 0.6 is 15.9 Å². The summed E-state index contributed by atoms with van der Waals surface area (Å²) in [5.74, 6) is 0. The molecule has 0 unspecified atom stereocenters. The molecule has 0 aliphatic carbocycles. The molecule has 104 valence electrons. The van der Waals surface area contributed by atoms with E-state index < -0.39 is 0 Å². The van der Waals surface area contributed by atoms with Crippen LogP contribution in [0.15, 0.2) is 46.9 Å². The second-order valence-electron chi connectivity index (χ2n) is 4.76. The molecule has 0 radical (unpaired) electrons. The smallest absolute Gasteiger partial charge is 0.319 e. The number of amides is 2. The third-order valence-corrected chi connectivity index (χ3v) is 3.48. The first-order valence-electron chi connectivity index (χ1n) is 6.41. The van der Waals surface area contributed by atoms with Gasteiger partial charge in [0.2, 0.25) is 0 Å². The molecule has 2 N–H and O–H groups in total. The molecule has 0 atom stereocenters. The van der Waals surface area contributed by atoms with Crippen LogP contribution in [0.2, 0.25) is 0 Å². The van der Waals surface area contributed by atoms with Crippen LogP contribution in [-0.4, -0.2) is 6.03 Å². The Balaban J connectivity index is 1.94. The van der Waals surface area contributed by atoms with Gasteiger partial charge in [-0.05, 0) is 37.1 Å². The van der Waals surface area contributed by atoms with Gasteiger partial charge in [0.05, 0.1) is 0 Å². The van der Waals surface area contributed by atoms with Gasteiger partial charge in [0, 0.05) is 16.7 Å². The lowest BCUT2D eigenvalue weighted by molar-refractivity contribution is 0.251. The Hall–Kier alpha value is -1.81. The first kappa shape index (κ1) is 14.6. The number of aryl methyl sites for hydroxylation is 2. The van der Waals surface area contributed by atoms with E-state index in [0.29, 0.717) is 6.54 Å². The number of urea groups is 1. The minimum Gasteiger partial charge on any atom is -0.334 e. The summed E-state index contributed by atoms with van der Waals surface area (Å²) in [5, 5.41) is 5.71. The summed E-state index contributed by atoms with van der Waals surface area (Å²) < 4.78 is 0.942. The average molecular weight is 333 g/mol. The maximum absolute atomic E-state index is 11.9. The van der Waals surface area contributed by atoms with Crippen molar-refractivity contribution < 1.29 is 4.79 Å². The van der Waals surface area contributed by atoms with E-state index >= 15 is 0 Å². The number of carbonyl (C=O) groups is 1. The van der Waals surface area contributed by atoms with Gasteiger partial charge >= 0.3 is 6.03 Å². The van der Waals surface area contributed by atoms with Crippen LogP contribution in [0.1, 0.15) is 16.7 Å². The van der Waals surface area contributed by atoms with Gasteiger partial charge in [-0.2, -0.15) is 0 Å². The maximum Gasteiger partial charge on any atom is 0.319 e. The Labute approximate surface area is 127 Å². The SMILES string of the molecule is Cc1cccc(CNC(=O)Nc2cc(Br)ccc2C)c1. The highest BCUT2D eigenvalue weighted by molar-refractivity contribution is 9.10. The molecule has 20 heavy (non-hydrogen) atoms. The van der Waals surface area contributed by atoms with Crippen molar-refractivity contribution in [3.63, 3.8) is 0 Å². The summed E-state index contributed by atoms with van der Waals surface area (Å²) >= 11 is 3.40. The van der Waals surface area contributed by atoms with E-state index in [9.17, 15) is 4.79 Å². The van der Waals surface area contributed by atoms with Crippen LogP contribution in [0, 0.1) is 13.8 Å². The highest BCUT2D eigenvalue weighted by Gasteiger charge is 2.05. The molecule has 2 aromatic carbocycles. The minimum atomic E-state index is -0.201. The average Bonchev–Trinajstić information content (AvgIpc) is 2.41. The van der Waals surface area contributed by atoms with Gasteiger partial charge in [-0.25, -0.2) is 4.79 Å². The van der Waals surface area contributed by atoms with Gasteiger partial charge in [0.25, 0.3) is 0 Å². The molecule has 0 aliphatic heterocycles. The summed E-state index contributed by atoms with van der Waals surface area (Å²) in [5.41, 5.74) is 4.11. The van der Waals surface area contributed by atoms with E-state index in [2.05, 4.69) is 32.6 Å². The zero-order chi connectivity index (χ0) is 14.5. The van der Waals surface area contributed by atoms with Crippen LogP contribution in [0.25, 0.3) is 0 Å². The molecule has 2 aromatic rings. The number of nitrogens with one attached hydrogen (secondary N) is 2. The third-order valence-electron chi connectivity index (χ3n) is 2.98. The van der Waals surface area contributed by atoms with Crippen molar-refractivity contribution in [3.05, 3.63) is 63.6 Å². The summed E-state index contributed by atoms with van der Waals surface area (Å²) in [4.78, 5) is 11.9. The lowest BCUT2D eigenvalue weighted by Crippen LogP contribution is -2.28. The van der Waals surface area contributed by atoms with E-state index in [4.69, 9.17) is 0 Å². The van der Waals surface area contributed by atoms with Gasteiger partial charge in [0.1, 0.15) is 0 Å². The second kappa shape index (κ2) is 6.57. The Morgan fingerprint density at radius 3 is 2.70 bits per heavy atom. The zero-order valence-corrected chi connectivity index (χ0v) is 13.1. The highest BCUT2D eigenvalue weighted by Crippen LogP contribution is 2.20. The van der Waals surface area contributed by atoms with Crippen LogP contribution in [0.4, 0.5) is 10.5 Å². The Morgan fingerprint density at radius 1 is 1.15 bits per heavy atom. The van der Waals surface area contributed by atoms with Gasteiger partial charge in [-0.3, -0.25) is 0 Å². The number of carbonyl (C=O) groups excluding carboxylic acids is 1. The molecule has 2 rings (SSSR count). The number of hydrogen-bond acceptors (Lipinski definition) is 1. The highest BCUT2D eigenvalue weighted by atomic mass is 79.9. The fourth-order valence-electron chi connectivity index (χ4n) is 1.90. The Bertz CT molecular complexity index is 626. The van der Waals surface area contributed by atoms with Crippen LogP contribution in [0.5, 0.6) is 0 Å². The van der Waals surface area contributed by atoms with Gasteiger partial charge in [0.15, 0.2) is 0 Å². The van der Waals surface area contributed by atoms with Crippen molar-refractivity contribution in [3.8, 4) is 0 Å². The fraction of sp³-hybridized carbons (Fsp3) is 0.188. The van der Waals surface area contributed by atoms with Crippen molar-refractivity contribution in [2.24, 2.45) is 0 Å². The van der Waals surface area contributed by atoms with Crippen LogP contribution < -0.4 is 10.6 Å². The summed E-state index contributed by atoms with van der Waals surface area (Å²) in [6.07, 6.45) is 0. The summed E-state index contributed by atoms with van der Waals surface area (Å²) in [7, 11) is 0. The number of rotatable bonds is 3. The molecule has 0 saturated carbocycles. The van der Waals surface area contributed by atoms with Crippen molar-refractivity contribution in [1.29, 1.82) is 0 Å². The van der Waals surface area contributed by atoms with Crippen molar-refractivity contribution in [1.82, 2.24) is 5.32 Å².